The SMILES string of the molecule is CCN1CCN(CC(N)(C(N)=O)C2CC2)CC1. The molecule has 1 amide bonds. The maximum atomic E-state index is 11.6. The average Bonchev–Trinajstić information content (AvgIpc) is 3.13. The molecule has 1 aliphatic carbocycles. The van der Waals surface area contributed by atoms with Crippen molar-refractivity contribution in [1.82, 2.24) is 9.80 Å². The molecular weight excluding hydrogens is 216 g/mol. The highest BCUT2D eigenvalue weighted by molar-refractivity contribution is 5.85. The van der Waals surface area contributed by atoms with Crippen molar-refractivity contribution in [2.45, 2.75) is 25.3 Å². The van der Waals surface area contributed by atoms with Crippen LogP contribution in [0.15, 0.2) is 0 Å². The zero-order chi connectivity index (χ0) is 12.5. The van der Waals surface area contributed by atoms with E-state index in [1.807, 2.05) is 0 Å². The summed E-state index contributed by atoms with van der Waals surface area (Å²) >= 11 is 0. The lowest BCUT2D eigenvalue weighted by Crippen LogP contribution is -2.62. The molecule has 1 saturated carbocycles. The minimum Gasteiger partial charge on any atom is -0.368 e. The van der Waals surface area contributed by atoms with Gasteiger partial charge in [-0.1, -0.05) is 6.92 Å². The van der Waals surface area contributed by atoms with E-state index < -0.39 is 5.54 Å². The summed E-state index contributed by atoms with van der Waals surface area (Å²) in [7, 11) is 0. The summed E-state index contributed by atoms with van der Waals surface area (Å²) in [5.74, 6) is -0.0258. The van der Waals surface area contributed by atoms with E-state index in [1.54, 1.807) is 0 Å². The van der Waals surface area contributed by atoms with Crippen molar-refractivity contribution in [3.8, 4) is 0 Å². The van der Waals surface area contributed by atoms with Crippen LogP contribution in [0, 0.1) is 5.92 Å². The van der Waals surface area contributed by atoms with Crippen molar-refractivity contribution in [1.29, 1.82) is 0 Å². The number of hydrogen-bond donors (Lipinski definition) is 2. The molecule has 17 heavy (non-hydrogen) atoms. The maximum Gasteiger partial charge on any atom is 0.239 e. The molecule has 0 aromatic heterocycles. The van der Waals surface area contributed by atoms with Crippen molar-refractivity contribution in [2.75, 3.05) is 39.3 Å². The third-order valence-electron chi connectivity index (χ3n) is 4.16. The molecule has 5 heteroatoms. The van der Waals surface area contributed by atoms with Gasteiger partial charge in [-0.3, -0.25) is 9.69 Å². The first-order valence-electron chi connectivity index (χ1n) is 6.59. The van der Waals surface area contributed by atoms with Crippen LogP contribution >= 0.6 is 0 Å². The monoisotopic (exact) mass is 240 g/mol. The summed E-state index contributed by atoms with van der Waals surface area (Å²) in [6.45, 7) is 8.02. The van der Waals surface area contributed by atoms with Crippen molar-refractivity contribution in [3.05, 3.63) is 0 Å². The molecule has 1 aliphatic heterocycles. The van der Waals surface area contributed by atoms with E-state index in [9.17, 15) is 4.79 Å². The molecule has 0 aromatic carbocycles. The second kappa shape index (κ2) is 4.92. The Morgan fingerprint density at radius 3 is 2.18 bits per heavy atom. The van der Waals surface area contributed by atoms with Crippen LogP contribution in [0.25, 0.3) is 0 Å². The number of rotatable bonds is 5. The summed E-state index contributed by atoms with van der Waals surface area (Å²) < 4.78 is 0. The normalized spacial score (nSPS) is 26.7. The predicted molar refractivity (Wildman–Crippen MR) is 67.4 cm³/mol. The van der Waals surface area contributed by atoms with Crippen LogP contribution in [0.4, 0.5) is 0 Å². The van der Waals surface area contributed by atoms with Gasteiger partial charge in [-0.15, -0.1) is 0 Å². The second-order valence-corrected chi connectivity index (χ2v) is 5.39. The minimum atomic E-state index is -0.797. The van der Waals surface area contributed by atoms with Crippen LogP contribution in [0.1, 0.15) is 19.8 Å². The molecule has 0 radical (unpaired) electrons. The van der Waals surface area contributed by atoms with Gasteiger partial charge in [-0.25, -0.2) is 0 Å². The second-order valence-electron chi connectivity index (χ2n) is 5.39. The summed E-state index contributed by atoms with van der Waals surface area (Å²) in [6, 6.07) is 0. The molecule has 1 atom stereocenters. The molecule has 1 saturated heterocycles. The van der Waals surface area contributed by atoms with Gasteiger partial charge in [-0.05, 0) is 25.3 Å². The van der Waals surface area contributed by atoms with Gasteiger partial charge < -0.3 is 16.4 Å². The molecular formula is C12H24N4O. The summed E-state index contributed by atoms with van der Waals surface area (Å²) in [6.07, 6.45) is 2.10. The van der Waals surface area contributed by atoms with Gasteiger partial charge in [0.05, 0.1) is 0 Å². The van der Waals surface area contributed by atoms with E-state index in [1.165, 1.54) is 0 Å². The van der Waals surface area contributed by atoms with E-state index in [4.69, 9.17) is 11.5 Å². The Morgan fingerprint density at radius 1 is 1.24 bits per heavy atom. The predicted octanol–water partition coefficient (Wildman–Crippen LogP) is -0.783. The fourth-order valence-corrected chi connectivity index (χ4v) is 2.64. The Balaban J connectivity index is 1.89. The highest BCUT2D eigenvalue weighted by atomic mass is 16.1. The Morgan fingerprint density at radius 2 is 1.76 bits per heavy atom. The smallest absolute Gasteiger partial charge is 0.239 e. The highest BCUT2D eigenvalue weighted by Gasteiger charge is 2.47. The van der Waals surface area contributed by atoms with Gasteiger partial charge >= 0.3 is 0 Å². The minimum absolute atomic E-state index is 0.309. The average molecular weight is 240 g/mol. The molecule has 4 N–H and O–H groups in total. The van der Waals surface area contributed by atoms with Gasteiger partial charge in [0.1, 0.15) is 5.54 Å². The molecule has 0 bridgehead atoms. The number of likely N-dealkylation sites (N-methyl/N-ethyl adjacent to an activating group) is 1. The molecule has 0 spiro atoms. The first-order chi connectivity index (χ1) is 8.06. The quantitative estimate of drug-likeness (QED) is 0.661. The van der Waals surface area contributed by atoms with Crippen molar-refractivity contribution >= 4 is 5.91 Å². The van der Waals surface area contributed by atoms with Gasteiger partial charge in [0.25, 0.3) is 0 Å². The molecule has 5 nitrogen and oxygen atoms in total. The number of primary amides is 1. The van der Waals surface area contributed by atoms with E-state index in [-0.39, 0.29) is 5.91 Å². The van der Waals surface area contributed by atoms with Crippen LogP contribution in [0.3, 0.4) is 0 Å². The Labute approximate surface area is 103 Å². The summed E-state index contributed by atoms with van der Waals surface area (Å²) in [4.78, 5) is 16.3. The standard InChI is InChI=1S/C12H24N4O/c1-2-15-5-7-16(8-6-15)9-12(14,11(13)17)10-3-4-10/h10H,2-9,14H2,1H3,(H2,13,17). The van der Waals surface area contributed by atoms with Crippen molar-refractivity contribution < 1.29 is 4.79 Å². The molecule has 2 rings (SSSR count). The lowest BCUT2D eigenvalue weighted by atomic mass is 9.92. The van der Waals surface area contributed by atoms with Gasteiger partial charge in [0.2, 0.25) is 5.91 Å². The Kier molecular flexibility index (Phi) is 3.70. The zero-order valence-electron chi connectivity index (χ0n) is 10.7. The third kappa shape index (κ3) is 2.78. The lowest BCUT2D eigenvalue weighted by molar-refractivity contribution is -0.124. The molecule has 98 valence electrons. The zero-order valence-corrected chi connectivity index (χ0v) is 10.7. The van der Waals surface area contributed by atoms with E-state index in [0.717, 1.165) is 45.6 Å². The van der Waals surface area contributed by atoms with E-state index in [2.05, 4.69) is 16.7 Å². The number of piperazine rings is 1. The number of carbonyl (C=O) groups is 1. The largest absolute Gasteiger partial charge is 0.368 e. The van der Waals surface area contributed by atoms with Gasteiger partial charge in [0.15, 0.2) is 0 Å². The van der Waals surface area contributed by atoms with Crippen LogP contribution in [-0.4, -0.2) is 60.5 Å². The summed E-state index contributed by atoms with van der Waals surface area (Å²) in [5, 5.41) is 0. The van der Waals surface area contributed by atoms with Crippen molar-refractivity contribution in [3.63, 3.8) is 0 Å². The molecule has 0 aromatic rings. The Hall–Kier alpha value is -0.650. The number of hydrogen-bond acceptors (Lipinski definition) is 4. The topological polar surface area (TPSA) is 75.6 Å². The van der Waals surface area contributed by atoms with Crippen molar-refractivity contribution in [2.24, 2.45) is 17.4 Å². The number of nitrogens with two attached hydrogens (primary N) is 2. The maximum absolute atomic E-state index is 11.6. The van der Waals surface area contributed by atoms with Crippen LogP contribution in [0.2, 0.25) is 0 Å². The molecule has 1 heterocycles. The number of nitrogens with zero attached hydrogens (tertiary/aromatic N) is 2. The first-order valence-corrected chi connectivity index (χ1v) is 6.59. The molecule has 2 aliphatic rings. The van der Waals surface area contributed by atoms with Gasteiger partial charge in [0, 0.05) is 32.7 Å². The number of carbonyl (C=O) groups excluding carboxylic acids is 1. The van der Waals surface area contributed by atoms with Gasteiger partial charge in [-0.2, -0.15) is 0 Å². The number of amides is 1. The fraction of sp³-hybridized carbons (Fsp3) is 0.917. The van der Waals surface area contributed by atoms with E-state index >= 15 is 0 Å². The Bertz CT molecular complexity index is 284. The fourth-order valence-electron chi connectivity index (χ4n) is 2.64. The highest BCUT2D eigenvalue weighted by Crippen LogP contribution is 2.38. The van der Waals surface area contributed by atoms with Crippen LogP contribution in [0.5, 0.6) is 0 Å². The molecule has 2 fully saturated rings. The molecule has 1 unspecified atom stereocenters. The summed E-state index contributed by atoms with van der Waals surface area (Å²) in [5.41, 5.74) is 10.9. The van der Waals surface area contributed by atoms with Crippen LogP contribution in [-0.2, 0) is 4.79 Å². The lowest BCUT2D eigenvalue weighted by Gasteiger charge is -2.38. The van der Waals surface area contributed by atoms with E-state index in [0.29, 0.717) is 12.5 Å². The third-order valence-corrected chi connectivity index (χ3v) is 4.16. The van der Waals surface area contributed by atoms with Crippen LogP contribution < -0.4 is 11.5 Å². The first kappa shape index (κ1) is 12.8.